The van der Waals surface area contributed by atoms with Crippen molar-refractivity contribution in [1.29, 1.82) is 0 Å². The maximum Gasteiger partial charge on any atom is 0.258 e. The highest BCUT2D eigenvalue weighted by molar-refractivity contribution is 5.77. The molecule has 4 heteroatoms. The Balaban J connectivity index is 1.50. The average molecular weight is 352 g/mol. The number of piperidine rings is 1. The number of nitrogens with zero attached hydrogens (tertiary/aromatic N) is 1. The molecule has 0 radical (unpaired) electrons. The van der Waals surface area contributed by atoms with Crippen LogP contribution in [0, 0.1) is 6.92 Å². The van der Waals surface area contributed by atoms with E-state index < -0.39 is 0 Å². The maximum absolute atomic E-state index is 12.1. The molecule has 0 saturated carbocycles. The Morgan fingerprint density at radius 2 is 1.81 bits per heavy atom. The molecule has 1 amide bonds. The van der Waals surface area contributed by atoms with E-state index in [0.29, 0.717) is 6.54 Å². The van der Waals surface area contributed by atoms with E-state index in [1.807, 2.05) is 37.3 Å². The summed E-state index contributed by atoms with van der Waals surface area (Å²) in [6.07, 6.45) is 3.92. The molecule has 2 aromatic carbocycles. The quantitative estimate of drug-likeness (QED) is 0.826. The summed E-state index contributed by atoms with van der Waals surface area (Å²) >= 11 is 0. The van der Waals surface area contributed by atoms with Crippen molar-refractivity contribution in [2.45, 2.75) is 39.3 Å². The predicted molar refractivity (Wildman–Crippen MR) is 104 cm³/mol. The van der Waals surface area contributed by atoms with Crippen LogP contribution >= 0.6 is 0 Å². The van der Waals surface area contributed by atoms with Crippen LogP contribution in [0.1, 0.15) is 36.0 Å². The Morgan fingerprint density at radius 1 is 1.04 bits per heavy atom. The lowest BCUT2D eigenvalue weighted by Gasteiger charge is -2.27. The minimum absolute atomic E-state index is 0.0394. The van der Waals surface area contributed by atoms with Crippen molar-refractivity contribution in [3.8, 4) is 5.75 Å². The summed E-state index contributed by atoms with van der Waals surface area (Å²) in [4.78, 5) is 14.6. The van der Waals surface area contributed by atoms with Crippen molar-refractivity contribution >= 4 is 5.91 Å². The van der Waals surface area contributed by atoms with E-state index >= 15 is 0 Å². The lowest BCUT2D eigenvalue weighted by atomic mass is 10.0. The molecule has 3 rings (SSSR count). The lowest BCUT2D eigenvalue weighted by molar-refractivity contribution is -0.123. The summed E-state index contributed by atoms with van der Waals surface area (Å²) < 4.78 is 5.57. The van der Waals surface area contributed by atoms with Gasteiger partial charge in [0.2, 0.25) is 0 Å². The normalized spacial score (nSPS) is 14.8. The molecule has 26 heavy (non-hydrogen) atoms. The maximum atomic E-state index is 12.1. The number of carbonyl (C=O) groups excluding carboxylic acids is 1. The molecule has 1 aliphatic heterocycles. The van der Waals surface area contributed by atoms with Gasteiger partial charge < -0.3 is 10.1 Å². The van der Waals surface area contributed by atoms with E-state index in [1.54, 1.807) is 0 Å². The molecule has 0 unspecified atom stereocenters. The average Bonchev–Trinajstić information content (AvgIpc) is 2.66. The number of hydrogen-bond donors (Lipinski definition) is 1. The number of carbonyl (C=O) groups is 1. The number of amides is 1. The smallest absolute Gasteiger partial charge is 0.258 e. The highest BCUT2D eigenvalue weighted by atomic mass is 16.5. The number of aryl methyl sites for hydroxylation is 1. The van der Waals surface area contributed by atoms with E-state index in [1.165, 1.54) is 43.5 Å². The van der Waals surface area contributed by atoms with Crippen molar-refractivity contribution in [1.82, 2.24) is 10.2 Å². The van der Waals surface area contributed by atoms with Crippen LogP contribution in [0.2, 0.25) is 0 Å². The first-order valence-corrected chi connectivity index (χ1v) is 9.46. The Morgan fingerprint density at radius 3 is 2.58 bits per heavy atom. The fourth-order valence-corrected chi connectivity index (χ4v) is 3.34. The van der Waals surface area contributed by atoms with Gasteiger partial charge in [-0.3, -0.25) is 9.69 Å². The number of hydrogen-bond acceptors (Lipinski definition) is 3. The number of nitrogens with one attached hydrogen (secondary N) is 1. The third-order valence-electron chi connectivity index (χ3n) is 4.80. The van der Waals surface area contributed by atoms with Gasteiger partial charge in [0.1, 0.15) is 5.75 Å². The molecule has 1 N–H and O–H groups in total. The van der Waals surface area contributed by atoms with Crippen molar-refractivity contribution in [2.75, 3.05) is 19.7 Å². The summed E-state index contributed by atoms with van der Waals surface area (Å²) in [5, 5.41) is 2.98. The zero-order chi connectivity index (χ0) is 18.2. The van der Waals surface area contributed by atoms with E-state index in [4.69, 9.17) is 4.74 Å². The Hall–Kier alpha value is -2.33. The van der Waals surface area contributed by atoms with Gasteiger partial charge in [-0.1, -0.05) is 42.8 Å². The van der Waals surface area contributed by atoms with Crippen LogP contribution in [0.3, 0.4) is 0 Å². The first kappa shape index (κ1) is 18.5. The lowest BCUT2D eigenvalue weighted by Crippen LogP contribution is -2.31. The van der Waals surface area contributed by atoms with Gasteiger partial charge in [-0.05, 0) is 61.7 Å². The predicted octanol–water partition coefficient (Wildman–Crippen LogP) is 3.68. The summed E-state index contributed by atoms with van der Waals surface area (Å²) in [6, 6.07) is 16.1. The minimum atomic E-state index is -0.0979. The molecule has 1 fully saturated rings. The number of ether oxygens (including phenoxy) is 1. The van der Waals surface area contributed by atoms with Gasteiger partial charge >= 0.3 is 0 Å². The first-order valence-electron chi connectivity index (χ1n) is 9.46. The zero-order valence-electron chi connectivity index (χ0n) is 15.5. The van der Waals surface area contributed by atoms with Gasteiger partial charge in [-0.2, -0.15) is 0 Å². The zero-order valence-corrected chi connectivity index (χ0v) is 15.5. The number of rotatable bonds is 7. The van der Waals surface area contributed by atoms with Crippen LogP contribution in [-0.2, 0) is 17.9 Å². The molecule has 0 bridgehead atoms. The molecule has 1 aliphatic rings. The van der Waals surface area contributed by atoms with E-state index in [-0.39, 0.29) is 12.5 Å². The van der Waals surface area contributed by atoms with Gasteiger partial charge in [0, 0.05) is 13.1 Å². The molecular weight excluding hydrogens is 324 g/mol. The van der Waals surface area contributed by atoms with Crippen LogP contribution in [0.15, 0.2) is 48.5 Å². The second kappa shape index (κ2) is 9.39. The molecular formula is C22H28N2O2. The van der Waals surface area contributed by atoms with Crippen molar-refractivity contribution in [3.63, 3.8) is 0 Å². The molecule has 0 spiro atoms. The number of likely N-dealkylation sites (tertiary alicyclic amines) is 1. The van der Waals surface area contributed by atoms with Crippen LogP contribution in [-0.4, -0.2) is 30.5 Å². The van der Waals surface area contributed by atoms with Gasteiger partial charge in [0.15, 0.2) is 6.61 Å². The van der Waals surface area contributed by atoms with Crippen molar-refractivity contribution in [2.24, 2.45) is 0 Å². The molecule has 0 aliphatic carbocycles. The van der Waals surface area contributed by atoms with Crippen molar-refractivity contribution < 1.29 is 9.53 Å². The largest absolute Gasteiger partial charge is 0.484 e. The highest BCUT2D eigenvalue weighted by Gasteiger charge is 2.13. The third kappa shape index (κ3) is 5.60. The Labute approximate surface area is 156 Å². The summed E-state index contributed by atoms with van der Waals surface area (Å²) in [7, 11) is 0. The monoisotopic (exact) mass is 352 g/mol. The fourth-order valence-electron chi connectivity index (χ4n) is 3.34. The van der Waals surface area contributed by atoms with Crippen molar-refractivity contribution in [3.05, 3.63) is 65.2 Å². The molecule has 0 aromatic heterocycles. The Bertz CT molecular complexity index is 724. The SMILES string of the molecule is Cc1cccc(OCC(=O)NCc2ccccc2CN2CCCCC2)c1. The topological polar surface area (TPSA) is 41.6 Å². The second-order valence-electron chi connectivity index (χ2n) is 6.99. The highest BCUT2D eigenvalue weighted by Crippen LogP contribution is 2.16. The van der Waals surface area contributed by atoms with Crippen LogP contribution in [0.4, 0.5) is 0 Å². The van der Waals surface area contributed by atoms with Gasteiger partial charge in [0.05, 0.1) is 0 Å². The Kier molecular flexibility index (Phi) is 6.67. The molecule has 0 atom stereocenters. The molecule has 138 valence electrons. The van der Waals surface area contributed by atoms with Crippen LogP contribution in [0.5, 0.6) is 5.75 Å². The molecule has 4 nitrogen and oxygen atoms in total. The van der Waals surface area contributed by atoms with Gasteiger partial charge in [-0.25, -0.2) is 0 Å². The minimum Gasteiger partial charge on any atom is -0.484 e. The summed E-state index contributed by atoms with van der Waals surface area (Å²) in [6.45, 7) is 5.89. The van der Waals surface area contributed by atoms with Crippen LogP contribution in [0.25, 0.3) is 0 Å². The standard InChI is InChI=1S/C22H28N2O2/c1-18-8-7-11-21(14-18)26-17-22(25)23-15-19-9-3-4-10-20(19)16-24-12-5-2-6-13-24/h3-4,7-11,14H,2,5-6,12-13,15-17H2,1H3,(H,23,25). The third-order valence-corrected chi connectivity index (χ3v) is 4.80. The van der Waals surface area contributed by atoms with Crippen LogP contribution < -0.4 is 10.1 Å². The van der Waals surface area contributed by atoms with E-state index in [0.717, 1.165) is 17.9 Å². The molecule has 2 aromatic rings. The van der Waals surface area contributed by atoms with E-state index in [2.05, 4.69) is 28.4 Å². The first-order chi connectivity index (χ1) is 12.7. The summed E-state index contributed by atoms with van der Waals surface area (Å²) in [5.41, 5.74) is 3.60. The fraction of sp³-hybridized carbons (Fsp3) is 0.409. The molecule has 1 saturated heterocycles. The molecule has 1 heterocycles. The van der Waals surface area contributed by atoms with Gasteiger partial charge in [0.25, 0.3) is 5.91 Å². The number of benzene rings is 2. The van der Waals surface area contributed by atoms with E-state index in [9.17, 15) is 4.79 Å². The second-order valence-corrected chi connectivity index (χ2v) is 6.99. The summed E-state index contributed by atoms with van der Waals surface area (Å²) in [5.74, 6) is 0.630. The van der Waals surface area contributed by atoms with Gasteiger partial charge in [-0.15, -0.1) is 0 Å².